The van der Waals surface area contributed by atoms with Crippen molar-refractivity contribution in [2.75, 3.05) is 19.0 Å². The molecule has 0 spiro atoms. The van der Waals surface area contributed by atoms with Crippen molar-refractivity contribution in [3.8, 4) is 17.2 Å². The Hall–Kier alpha value is -4.20. The third-order valence-electron chi connectivity index (χ3n) is 4.81. The zero-order chi connectivity index (χ0) is 22.5. The number of ether oxygens (including phenoxy) is 2. The van der Waals surface area contributed by atoms with Crippen molar-refractivity contribution in [3.05, 3.63) is 72.3 Å². The summed E-state index contributed by atoms with van der Waals surface area (Å²) in [4.78, 5) is 24.6. The molecule has 2 aromatic carbocycles. The maximum atomic E-state index is 11.6. The molecule has 0 saturated carbocycles. The number of pyridine rings is 1. The molecule has 162 valence electrons. The van der Waals surface area contributed by atoms with Gasteiger partial charge in [0.25, 0.3) is 5.91 Å². The minimum atomic E-state index is -0.219. The van der Waals surface area contributed by atoms with Crippen molar-refractivity contribution < 1.29 is 14.3 Å². The molecule has 2 aromatic heterocycles. The Morgan fingerprint density at radius 2 is 1.88 bits per heavy atom. The van der Waals surface area contributed by atoms with E-state index in [0.717, 1.165) is 22.7 Å². The highest BCUT2D eigenvalue weighted by atomic mass is 16.5. The lowest BCUT2D eigenvalue weighted by Gasteiger charge is -2.14. The van der Waals surface area contributed by atoms with Crippen LogP contribution in [0.4, 0.5) is 11.5 Å². The Labute approximate surface area is 185 Å². The molecule has 32 heavy (non-hydrogen) atoms. The van der Waals surface area contributed by atoms with E-state index in [1.807, 2.05) is 56.3 Å². The molecule has 0 aliphatic heterocycles. The average Bonchev–Trinajstić information content (AvgIpc) is 2.80. The summed E-state index contributed by atoms with van der Waals surface area (Å²) in [7, 11) is 1.57. The molecule has 4 rings (SSSR count). The van der Waals surface area contributed by atoms with Crippen LogP contribution in [0.5, 0.6) is 17.2 Å². The maximum absolute atomic E-state index is 11.6. The van der Waals surface area contributed by atoms with Crippen molar-refractivity contribution in [3.63, 3.8) is 0 Å². The normalized spacial score (nSPS) is 10.6. The van der Waals surface area contributed by atoms with E-state index in [2.05, 4.69) is 25.6 Å². The van der Waals surface area contributed by atoms with Gasteiger partial charge in [0.15, 0.2) is 6.61 Å². The molecule has 0 fully saturated rings. The van der Waals surface area contributed by atoms with Crippen molar-refractivity contribution in [2.45, 2.75) is 13.8 Å². The summed E-state index contributed by atoms with van der Waals surface area (Å²) in [6, 6.07) is 15.1. The molecular formula is C24H23N5O3. The van der Waals surface area contributed by atoms with E-state index < -0.39 is 0 Å². The highest BCUT2D eigenvalue weighted by Gasteiger charge is 2.12. The summed E-state index contributed by atoms with van der Waals surface area (Å²) in [5.41, 5.74) is 3.42. The van der Waals surface area contributed by atoms with Gasteiger partial charge in [-0.1, -0.05) is 6.07 Å². The van der Waals surface area contributed by atoms with E-state index in [0.29, 0.717) is 28.2 Å². The summed E-state index contributed by atoms with van der Waals surface area (Å²) >= 11 is 0. The zero-order valence-corrected chi connectivity index (χ0v) is 18.0. The van der Waals surface area contributed by atoms with Gasteiger partial charge in [0.1, 0.15) is 29.4 Å². The van der Waals surface area contributed by atoms with Gasteiger partial charge in [0.05, 0.1) is 17.1 Å². The second-order valence-electron chi connectivity index (χ2n) is 7.18. The molecule has 0 atom stereocenters. The first-order chi connectivity index (χ1) is 15.5. The molecule has 0 aliphatic carbocycles. The Morgan fingerprint density at radius 1 is 1.00 bits per heavy atom. The molecule has 8 nitrogen and oxygen atoms in total. The quantitative estimate of drug-likeness (QED) is 0.452. The third kappa shape index (κ3) is 4.75. The largest absolute Gasteiger partial charge is 0.483 e. The van der Waals surface area contributed by atoms with Gasteiger partial charge >= 0.3 is 0 Å². The topological polar surface area (TPSA) is 98.3 Å². The summed E-state index contributed by atoms with van der Waals surface area (Å²) in [5, 5.41) is 6.57. The van der Waals surface area contributed by atoms with Crippen LogP contribution in [0.3, 0.4) is 0 Å². The number of aryl methyl sites for hydroxylation is 2. The van der Waals surface area contributed by atoms with Gasteiger partial charge < -0.3 is 20.1 Å². The summed E-state index contributed by atoms with van der Waals surface area (Å²) in [6.07, 6.45) is 3.19. The number of nitrogens with zero attached hydrogens (tertiary/aromatic N) is 3. The number of aromatic nitrogens is 3. The molecule has 2 heterocycles. The monoisotopic (exact) mass is 429 g/mol. The predicted molar refractivity (Wildman–Crippen MR) is 123 cm³/mol. The van der Waals surface area contributed by atoms with E-state index in [4.69, 9.17) is 9.47 Å². The molecule has 0 unspecified atom stereocenters. The maximum Gasteiger partial charge on any atom is 0.257 e. The molecule has 4 aromatic rings. The van der Waals surface area contributed by atoms with Crippen LogP contribution in [-0.4, -0.2) is 34.5 Å². The van der Waals surface area contributed by atoms with Crippen LogP contribution in [0.15, 0.2) is 61.1 Å². The number of carbonyl (C=O) groups excluding carboxylic acids is 1. The number of nitrogens with one attached hydrogen (secondary N) is 2. The highest BCUT2D eigenvalue weighted by Crippen LogP contribution is 2.33. The molecule has 0 saturated heterocycles. The highest BCUT2D eigenvalue weighted by molar-refractivity contribution is 5.96. The van der Waals surface area contributed by atoms with E-state index in [1.165, 1.54) is 6.33 Å². The number of anilines is 2. The molecule has 2 N–H and O–H groups in total. The summed E-state index contributed by atoms with van der Waals surface area (Å²) in [6.45, 7) is 3.81. The van der Waals surface area contributed by atoms with Gasteiger partial charge in [-0.25, -0.2) is 9.97 Å². The fraction of sp³-hybridized carbons (Fsp3) is 0.167. The fourth-order valence-corrected chi connectivity index (χ4v) is 3.13. The van der Waals surface area contributed by atoms with E-state index >= 15 is 0 Å². The molecule has 0 bridgehead atoms. The molecule has 8 heteroatoms. The predicted octanol–water partition coefficient (Wildman–Crippen LogP) is 4.30. The van der Waals surface area contributed by atoms with Crippen molar-refractivity contribution >= 4 is 28.3 Å². The van der Waals surface area contributed by atoms with Crippen LogP contribution >= 0.6 is 0 Å². The molecule has 0 radical (unpaired) electrons. The number of benzene rings is 2. The van der Waals surface area contributed by atoms with E-state index in [1.54, 1.807) is 19.3 Å². The fourth-order valence-electron chi connectivity index (χ4n) is 3.13. The van der Waals surface area contributed by atoms with Crippen LogP contribution in [0, 0.1) is 13.8 Å². The Kier molecular flexibility index (Phi) is 6.12. The number of amides is 1. The van der Waals surface area contributed by atoms with Gasteiger partial charge in [-0.15, -0.1) is 0 Å². The SMILES string of the molecule is CNC(=O)COc1cccc2ncnc(Nc3ccc(Oc4ccc(C)nc4)c(C)c3)c12. The van der Waals surface area contributed by atoms with Crippen molar-refractivity contribution in [2.24, 2.45) is 0 Å². The number of likely N-dealkylation sites (N-methyl/N-ethyl adjacent to an activating group) is 1. The Balaban J connectivity index is 1.59. The lowest BCUT2D eigenvalue weighted by Crippen LogP contribution is -2.24. The van der Waals surface area contributed by atoms with E-state index in [-0.39, 0.29) is 12.5 Å². The van der Waals surface area contributed by atoms with Crippen LogP contribution in [0.2, 0.25) is 0 Å². The number of fused-ring (bicyclic) bond motifs is 1. The second-order valence-corrected chi connectivity index (χ2v) is 7.18. The van der Waals surface area contributed by atoms with Crippen LogP contribution in [0.1, 0.15) is 11.3 Å². The minimum absolute atomic E-state index is 0.0943. The zero-order valence-electron chi connectivity index (χ0n) is 18.0. The van der Waals surface area contributed by atoms with Crippen LogP contribution in [0.25, 0.3) is 10.9 Å². The lowest BCUT2D eigenvalue weighted by molar-refractivity contribution is -0.122. The average molecular weight is 429 g/mol. The van der Waals surface area contributed by atoms with Gasteiger partial charge in [0.2, 0.25) is 0 Å². The lowest BCUT2D eigenvalue weighted by atomic mass is 10.1. The first kappa shape index (κ1) is 21.0. The number of hydrogen-bond donors (Lipinski definition) is 2. The Morgan fingerprint density at radius 3 is 2.62 bits per heavy atom. The standard InChI is InChI=1S/C24H23N5O3/c1-15-11-17(8-10-20(15)32-18-9-7-16(2)26-12-18)29-24-23-19(27-14-28-24)5-4-6-21(23)31-13-22(30)25-3/h4-12,14H,13H2,1-3H3,(H,25,30)(H,27,28,29). The first-order valence-electron chi connectivity index (χ1n) is 10.1. The van der Waals surface area contributed by atoms with Gasteiger partial charge in [-0.2, -0.15) is 0 Å². The van der Waals surface area contributed by atoms with Crippen molar-refractivity contribution in [1.82, 2.24) is 20.3 Å². The number of carbonyl (C=O) groups is 1. The van der Waals surface area contributed by atoms with Gasteiger partial charge in [-0.05, 0) is 61.9 Å². The summed E-state index contributed by atoms with van der Waals surface area (Å²) in [5.74, 6) is 2.31. The first-order valence-corrected chi connectivity index (χ1v) is 10.1. The molecular weight excluding hydrogens is 406 g/mol. The molecule has 1 amide bonds. The third-order valence-corrected chi connectivity index (χ3v) is 4.81. The molecule has 0 aliphatic rings. The van der Waals surface area contributed by atoms with Gasteiger partial charge in [0, 0.05) is 18.4 Å². The second kappa shape index (κ2) is 9.30. The van der Waals surface area contributed by atoms with Gasteiger partial charge in [-0.3, -0.25) is 9.78 Å². The van der Waals surface area contributed by atoms with E-state index in [9.17, 15) is 4.79 Å². The van der Waals surface area contributed by atoms with Crippen LogP contribution < -0.4 is 20.1 Å². The number of rotatable bonds is 7. The van der Waals surface area contributed by atoms with Crippen molar-refractivity contribution in [1.29, 1.82) is 0 Å². The minimum Gasteiger partial charge on any atom is -0.483 e. The number of hydrogen-bond acceptors (Lipinski definition) is 7. The Bertz CT molecular complexity index is 1250. The smallest absolute Gasteiger partial charge is 0.257 e. The summed E-state index contributed by atoms with van der Waals surface area (Å²) < 4.78 is 11.7. The van der Waals surface area contributed by atoms with Crippen LogP contribution in [-0.2, 0) is 4.79 Å².